The monoisotopic (exact) mass is 347 g/mol. The molecule has 2 N–H and O–H groups in total. The lowest BCUT2D eigenvalue weighted by molar-refractivity contribution is -0.128. The fourth-order valence-electron chi connectivity index (χ4n) is 2.76. The Labute approximate surface area is 149 Å². The summed E-state index contributed by atoms with van der Waals surface area (Å²) < 4.78 is 0. The highest BCUT2D eigenvalue weighted by Crippen LogP contribution is 2.17. The molecule has 0 aromatic carbocycles. The van der Waals surface area contributed by atoms with Gasteiger partial charge in [0.05, 0.1) is 0 Å². The molecule has 1 aromatic heterocycles. The Balaban J connectivity index is 1.71. The number of nitrogens with zero attached hydrogens (tertiary/aromatic N) is 3. The molecule has 2 rings (SSSR count). The van der Waals surface area contributed by atoms with Crippen LogP contribution in [0.3, 0.4) is 0 Å². The second-order valence-electron chi connectivity index (χ2n) is 6.57. The minimum atomic E-state index is -0.275. The van der Waals surface area contributed by atoms with Crippen LogP contribution >= 0.6 is 0 Å². The quantitative estimate of drug-likeness (QED) is 0.822. The summed E-state index contributed by atoms with van der Waals surface area (Å²) in [6, 6.07) is 3.75. The molecule has 7 nitrogen and oxygen atoms in total. The minimum absolute atomic E-state index is 0.00592. The van der Waals surface area contributed by atoms with Crippen LogP contribution in [0.25, 0.3) is 0 Å². The van der Waals surface area contributed by atoms with Gasteiger partial charge in [0, 0.05) is 52.9 Å². The Kier molecular flexibility index (Phi) is 7.50. The average molecular weight is 347 g/mol. The lowest BCUT2D eigenvalue weighted by Gasteiger charge is -2.21. The van der Waals surface area contributed by atoms with Crippen LogP contribution in [0.4, 0.5) is 10.6 Å². The molecule has 2 heterocycles. The predicted molar refractivity (Wildman–Crippen MR) is 98.5 cm³/mol. The summed E-state index contributed by atoms with van der Waals surface area (Å²) in [5, 5.41) is 5.46. The van der Waals surface area contributed by atoms with Gasteiger partial charge in [0.15, 0.2) is 0 Å². The van der Waals surface area contributed by atoms with E-state index in [1.54, 1.807) is 14.1 Å². The van der Waals surface area contributed by atoms with E-state index in [0.29, 0.717) is 19.5 Å². The van der Waals surface area contributed by atoms with Crippen molar-refractivity contribution >= 4 is 17.8 Å². The van der Waals surface area contributed by atoms with Gasteiger partial charge in [0.2, 0.25) is 5.91 Å². The van der Waals surface area contributed by atoms with Crippen molar-refractivity contribution in [3.05, 3.63) is 23.9 Å². The van der Waals surface area contributed by atoms with Crippen LogP contribution in [0.15, 0.2) is 18.3 Å². The van der Waals surface area contributed by atoms with Crippen LogP contribution in [-0.4, -0.2) is 55.6 Å². The summed E-state index contributed by atoms with van der Waals surface area (Å²) in [5.74, 6) is 1.01. The zero-order valence-corrected chi connectivity index (χ0v) is 15.3. The Morgan fingerprint density at radius 3 is 2.44 bits per heavy atom. The summed E-state index contributed by atoms with van der Waals surface area (Å²) in [7, 11) is 3.40. The van der Waals surface area contributed by atoms with E-state index in [0.717, 1.165) is 24.5 Å². The number of urea groups is 1. The molecule has 1 aliphatic heterocycles. The molecule has 0 aliphatic carbocycles. The number of nitrogens with one attached hydrogen (secondary N) is 2. The van der Waals surface area contributed by atoms with Crippen molar-refractivity contribution in [3.8, 4) is 0 Å². The van der Waals surface area contributed by atoms with E-state index < -0.39 is 0 Å². The molecule has 1 aliphatic rings. The van der Waals surface area contributed by atoms with Crippen LogP contribution in [0, 0.1) is 0 Å². The van der Waals surface area contributed by atoms with Crippen LogP contribution in [-0.2, 0) is 11.3 Å². The Bertz CT molecular complexity index is 551. The Hall–Kier alpha value is -2.31. The normalized spacial score (nSPS) is 14.6. The number of hydrogen-bond acceptors (Lipinski definition) is 4. The van der Waals surface area contributed by atoms with Crippen molar-refractivity contribution in [2.45, 2.75) is 38.6 Å². The summed E-state index contributed by atoms with van der Waals surface area (Å²) in [6.45, 7) is 2.88. The van der Waals surface area contributed by atoms with Crippen molar-refractivity contribution in [1.29, 1.82) is 0 Å². The van der Waals surface area contributed by atoms with Gasteiger partial charge >= 0.3 is 6.03 Å². The van der Waals surface area contributed by atoms with E-state index >= 15 is 0 Å². The molecule has 1 aromatic rings. The summed E-state index contributed by atoms with van der Waals surface area (Å²) in [6.07, 6.45) is 7.16. The van der Waals surface area contributed by atoms with Gasteiger partial charge in [0.25, 0.3) is 0 Å². The van der Waals surface area contributed by atoms with E-state index in [-0.39, 0.29) is 11.9 Å². The molecule has 0 unspecified atom stereocenters. The fourth-order valence-corrected chi connectivity index (χ4v) is 2.76. The molecule has 0 atom stereocenters. The average Bonchev–Trinajstić information content (AvgIpc) is 2.89. The standard InChI is InChI=1S/C18H29N5O2/c1-22(2)17(24)9-10-19-18(25)21-14-15-7-8-16(20-13-15)23-11-5-3-4-6-12-23/h7-8,13H,3-6,9-12,14H2,1-2H3,(H2,19,21,25). The maximum atomic E-state index is 11.7. The maximum Gasteiger partial charge on any atom is 0.315 e. The van der Waals surface area contributed by atoms with Gasteiger partial charge < -0.3 is 20.4 Å². The maximum absolute atomic E-state index is 11.7. The van der Waals surface area contributed by atoms with Gasteiger partial charge in [0.1, 0.15) is 5.82 Å². The molecule has 0 radical (unpaired) electrons. The van der Waals surface area contributed by atoms with Gasteiger partial charge in [-0.3, -0.25) is 4.79 Å². The molecule has 1 fully saturated rings. The van der Waals surface area contributed by atoms with E-state index in [1.807, 2.05) is 18.3 Å². The van der Waals surface area contributed by atoms with Crippen LogP contribution in [0.2, 0.25) is 0 Å². The highest BCUT2D eigenvalue weighted by atomic mass is 16.2. The van der Waals surface area contributed by atoms with Gasteiger partial charge in [-0.05, 0) is 24.5 Å². The molecule has 0 saturated carbocycles. The highest BCUT2D eigenvalue weighted by Gasteiger charge is 2.11. The van der Waals surface area contributed by atoms with Crippen molar-refractivity contribution in [1.82, 2.24) is 20.5 Å². The number of carbonyl (C=O) groups is 2. The first-order chi connectivity index (χ1) is 12.1. The van der Waals surface area contributed by atoms with Gasteiger partial charge in [-0.15, -0.1) is 0 Å². The van der Waals surface area contributed by atoms with Crippen molar-refractivity contribution in [3.63, 3.8) is 0 Å². The topological polar surface area (TPSA) is 77.6 Å². The highest BCUT2D eigenvalue weighted by molar-refractivity contribution is 5.77. The van der Waals surface area contributed by atoms with Crippen molar-refractivity contribution in [2.75, 3.05) is 38.6 Å². The predicted octanol–water partition coefficient (Wildman–Crippen LogP) is 1.74. The third kappa shape index (κ3) is 6.60. The number of aromatic nitrogens is 1. The Morgan fingerprint density at radius 2 is 1.84 bits per heavy atom. The molecule has 0 bridgehead atoms. The molecule has 7 heteroatoms. The minimum Gasteiger partial charge on any atom is -0.357 e. The third-order valence-electron chi connectivity index (χ3n) is 4.32. The van der Waals surface area contributed by atoms with Crippen molar-refractivity contribution < 1.29 is 9.59 Å². The van der Waals surface area contributed by atoms with Crippen molar-refractivity contribution in [2.24, 2.45) is 0 Å². The lowest BCUT2D eigenvalue weighted by Crippen LogP contribution is -2.37. The molecular formula is C18H29N5O2. The van der Waals surface area contributed by atoms with E-state index in [9.17, 15) is 9.59 Å². The molecule has 1 saturated heterocycles. The molecule has 138 valence electrons. The molecule has 3 amide bonds. The second kappa shape index (κ2) is 9.86. The molecule has 0 spiro atoms. The largest absolute Gasteiger partial charge is 0.357 e. The van der Waals surface area contributed by atoms with Gasteiger partial charge in [-0.25, -0.2) is 9.78 Å². The van der Waals surface area contributed by atoms with Gasteiger partial charge in [-0.1, -0.05) is 18.9 Å². The first-order valence-corrected chi connectivity index (χ1v) is 8.98. The number of rotatable bonds is 6. The zero-order valence-electron chi connectivity index (χ0n) is 15.3. The number of amides is 3. The van der Waals surface area contributed by atoms with E-state index in [4.69, 9.17) is 0 Å². The third-order valence-corrected chi connectivity index (χ3v) is 4.32. The zero-order chi connectivity index (χ0) is 18.1. The number of carbonyl (C=O) groups excluding carboxylic acids is 2. The molecular weight excluding hydrogens is 318 g/mol. The second-order valence-corrected chi connectivity index (χ2v) is 6.57. The lowest BCUT2D eigenvalue weighted by atomic mass is 10.2. The first kappa shape index (κ1) is 19.0. The van der Waals surface area contributed by atoms with Crippen LogP contribution < -0.4 is 15.5 Å². The number of pyridine rings is 1. The van der Waals surface area contributed by atoms with Gasteiger partial charge in [-0.2, -0.15) is 0 Å². The first-order valence-electron chi connectivity index (χ1n) is 8.98. The van der Waals surface area contributed by atoms with E-state index in [2.05, 4.69) is 20.5 Å². The van der Waals surface area contributed by atoms with Crippen LogP contribution in [0.5, 0.6) is 0 Å². The van der Waals surface area contributed by atoms with Crippen LogP contribution in [0.1, 0.15) is 37.7 Å². The van der Waals surface area contributed by atoms with E-state index in [1.165, 1.54) is 30.6 Å². The fraction of sp³-hybridized carbons (Fsp3) is 0.611. The Morgan fingerprint density at radius 1 is 1.12 bits per heavy atom. The smallest absolute Gasteiger partial charge is 0.315 e. The summed E-state index contributed by atoms with van der Waals surface area (Å²) in [4.78, 5) is 31.5. The number of anilines is 1. The SMILES string of the molecule is CN(C)C(=O)CCNC(=O)NCc1ccc(N2CCCCCC2)nc1. The number of hydrogen-bond donors (Lipinski definition) is 2. The summed E-state index contributed by atoms with van der Waals surface area (Å²) >= 11 is 0. The summed E-state index contributed by atoms with van der Waals surface area (Å²) in [5.41, 5.74) is 0.957. The molecule has 25 heavy (non-hydrogen) atoms.